The summed E-state index contributed by atoms with van der Waals surface area (Å²) in [6, 6.07) is 0. The second kappa shape index (κ2) is 6.02. The van der Waals surface area contributed by atoms with Crippen LogP contribution in [0.3, 0.4) is 0 Å². The minimum atomic E-state index is -0.189. The van der Waals surface area contributed by atoms with Gasteiger partial charge in [-0.2, -0.15) is 0 Å². The van der Waals surface area contributed by atoms with Crippen LogP contribution in [0.5, 0.6) is 0 Å². The van der Waals surface area contributed by atoms with Crippen molar-refractivity contribution < 1.29 is 9.53 Å². The first-order valence-electron chi connectivity index (χ1n) is 7.32. The van der Waals surface area contributed by atoms with E-state index < -0.39 is 0 Å². The maximum atomic E-state index is 12.2. The van der Waals surface area contributed by atoms with E-state index in [9.17, 15) is 4.79 Å². The Bertz CT molecular complexity index is 274. The number of hydrogen-bond acceptors (Lipinski definition) is 3. The normalized spacial score (nSPS) is 27.1. The van der Waals surface area contributed by atoms with Crippen LogP contribution in [-0.2, 0) is 9.53 Å². The van der Waals surface area contributed by atoms with Crippen LogP contribution in [0.4, 0.5) is 0 Å². The second-order valence-corrected chi connectivity index (χ2v) is 5.60. The monoisotopic (exact) mass is 254 g/mol. The molecule has 0 aromatic heterocycles. The average Bonchev–Trinajstić information content (AvgIpc) is 2.42. The molecule has 2 aliphatic heterocycles. The van der Waals surface area contributed by atoms with E-state index in [4.69, 9.17) is 4.74 Å². The molecular weight excluding hydrogens is 228 g/mol. The number of piperidine rings is 1. The van der Waals surface area contributed by atoms with Gasteiger partial charge in [-0.25, -0.2) is 0 Å². The molecule has 2 heterocycles. The van der Waals surface area contributed by atoms with Crippen LogP contribution in [0.1, 0.15) is 39.5 Å². The second-order valence-electron chi connectivity index (χ2n) is 5.60. The first kappa shape index (κ1) is 13.8. The van der Waals surface area contributed by atoms with Crippen LogP contribution < -0.4 is 5.32 Å². The van der Waals surface area contributed by atoms with Gasteiger partial charge in [-0.15, -0.1) is 0 Å². The summed E-state index contributed by atoms with van der Waals surface area (Å²) in [7, 11) is 0. The Kier molecular flexibility index (Phi) is 4.62. The Morgan fingerprint density at radius 3 is 2.44 bits per heavy atom. The Morgan fingerprint density at radius 2 is 1.94 bits per heavy atom. The van der Waals surface area contributed by atoms with Crippen LogP contribution in [0.2, 0.25) is 0 Å². The summed E-state index contributed by atoms with van der Waals surface area (Å²) in [5, 5.41) is 3.40. The fourth-order valence-corrected chi connectivity index (χ4v) is 3.16. The summed E-state index contributed by atoms with van der Waals surface area (Å²) in [6.45, 7) is 8.58. The number of carbonyl (C=O) groups is 1. The third-order valence-electron chi connectivity index (χ3n) is 4.54. The molecule has 0 unspecified atom stereocenters. The summed E-state index contributed by atoms with van der Waals surface area (Å²) in [4.78, 5) is 14.1. The van der Waals surface area contributed by atoms with Crippen LogP contribution in [0.15, 0.2) is 0 Å². The molecule has 2 saturated heterocycles. The smallest absolute Gasteiger partial charge is 0.251 e. The van der Waals surface area contributed by atoms with Crippen molar-refractivity contribution in [1.82, 2.24) is 10.2 Å². The summed E-state index contributed by atoms with van der Waals surface area (Å²) >= 11 is 0. The van der Waals surface area contributed by atoms with Crippen molar-refractivity contribution >= 4 is 5.91 Å². The highest BCUT2D eigenvalue weighted by Crippen LogP contribution is 2.39. The lowest BCUT2D eigenvalue weighted by atomic mass is 9.74. The molecule has 0 aromatic carbocycles. The van der Waals surface area contributed by atoms with Gasteiger partial charge in [0.15, 0.2) is 0 Å². The fraction of sp³-hybridized carbons (Fsp3) is 0.929. The maximum Gasteiger partial charge on any atom is 0.251 e. The Labute approximate surface area is 110 Å². The number of nitrogens with zero attached hydrogens (tertiary/aromatic N) is 1. The molecule has 2 fully saturated rings. The van der Waals surface area contributed by atoms with Gasteiger partial charge in [0.1, 0.15) is 6.10 Å². The molecule has 0 radical (unpaired) electrons. The molecule has 2 aliphatic rings. The van der Waals surface area contributed by atoms with Gasteiger partial charge < -0.3 is 15.0 Å². The third-order valence-corrected chi connectivity index (χ3v) is 4.54. The van der Waals surface area contributed by atoms with Gasteiger partial charge in [0.05, 0.1) is 6.61 Å². The van der Waals surface area contributed by atoms with Gasteiger partial charge in [-0.05, 0) is 58.0 Å². The molecule has 4 heteroatoms. The van der Waals surface area contributed by atoms with Crippen LogP contribution in [-0.4, -0.2) is 49.7 Å². The van der Waals surface area contributed by atoms with Crippen molar-refractivity contribution in [3.63, 3.8) is 0 Å². The van der Waals surface area contributed by atoms with E-state index in [-0.39, 0.29) is 12.0 Å². The minimum Gasteiger partial charge on any atom is -0.368 e. The standard InChI is InChI=1S/C14H26N2O2/c1-3-16(4-2)13(17)12-5-6-14(11-18-12)7-9-15-10-8-14/h12,15H,3-11H2,1-2H3/t12-/m1/s1. The van der Waals surface area contributed by atoms with Crippen LogP contribution >= 0.6 is 0 Å². The largest absolute Gasteiger partial charge is 0.368 e. The first-order valence-corrected chi connectivity index (χ1v) is 7.32. The third kappa shape index (κ3) is 2.86. The molecule has 0 bridgehead atoms. The number of likely N-dealkylation sites (N-methyl/N-ethyl adjacent to an activating group) is 1. The van der Waals surface area contributed by atoms with Crippen molar-refractivity contribution in [1.29, 1.82) is 0 Å². The molecule has 1 amide bonds. The molecule has 104 valence electrons. The van der Waals surface area contributed by atoms with Crippen molar-refractivity contribution in [2.24, 2.45) is 5.41 Å². The molecular formula is C14H26N2O2. The molecule has 1 atom stereocenters. The highest BCUT2D eigenvalue weighted by molar-refractivity contribution is 5.81. The number of rotatable bonds is 3. The molecule has 0 saturated carbocycles. The van der Waals surface area contributed by atoms with Gasteiger partial charge in [-0.1, -0.05) is 0 Å². The summed E-state index contributed by atoms with van der Waals surface area (Å²) in [6.07, 6.45) is 4.24. The first-order chi connectivity index (χ1) is 8.71. The zero-order valence-electron chi connectivity index (χ0n) is 11.7. The number of nitrogens with one attached hydrogen (secondary N) is 1. The van der Waals surface area contributed by atoms with Gasteiger partial charge in [0, 0.05) is 13.1 Å². The maximum absolute atomic E-state index is 12.2. The zero-order valence-corrected chi connectivity index (χ0v) is 11.7. The lowest BCUT2D eigenvalue weighted by molar-refractivity contribution is -0.153. The molecule has 0 aromatic rings. The van der Waals surface area contributed by atoms with Crippen molar-refractivity contribution in [3.05, 3.63) is 0 Å². The highest BCUT2D eigenvalue weighted by Gasteiger charge is 2.39. The number of hydrogen-bond donors (Lipinski definition) is 1. The average molecular weight is 254 g/mol. The Hall–Kier alpha value is -0.610. The quantitative estimate of drug-likeness (QED) is 0.828. The number of amides is 1. The van der Waals surface area contributed by atoms with E-state index in [0.717, 1.165) is 45.6 Å². The van der Waals surface area contributed by atoms with Gasteiger partial charge in [0.2, 0.25) is 0 Å². The summed E-state index contributed by atoms with van der Waals surface area (Å²) < 4.78 is 5.90. The molecule has 18 heavy (non-hydrogen) atoms. The van der Waals surface area contributed by atoms with Gasteiger partial charge in [0.25, 0.3) is 5.91 Å². The van der Waals surface area contributed by atoms with Crippen molar-refractivity contribution in [2.75, 3.05) is 32.8 Å². The van der Waals surface area contributed by atoms with E-state index in [1.54, 1.807) is 0 Å². The van der Waals surface area contributed by atoms with E-state index >= 15 is 0 Å². The van der Waals surface area contributed by atoms with Crippen LogP contribution in [0, 0.1) is 5.41 Å². The summed E-state index contributed by atoms with van der Waals surface area (Å²) in [5.41, 5.74) is 0.352. The Balaban J connectivity index is 1.87. The lowest BCUT2D eigenvalue weighted by Crippen LogP contribution is -2.48. The molecule has 1 N–H and O–H groups in total. The van der Waals surface area contributed by atoms with Gasteiger partial charge in [-0.3, -0.25) is 4.79 Å². The van der Waals surface area contributed by atoms with Crippen LogP contribution in [0.25, 0.3) is 0 Å². The molecule has 1 spiro atoms. The van der Waals surface area contributed by atoms with Crippen molar-refractivity contribution in [2.45, 2.75) is 45.6 Å². The topological polar surface area (TPSA) is 41.6 Å². The van der Waals surface area contributed by atoms with Gasteiger partial charge >= 0.3 is 0 Å². The Morgan fingerprint density at radius 1 is 1.28 bits per heavy atom. The SMILES string of the molecule is CCN(CC)C(=O)[C@H]1CCC2(CCNCC2)CO1. The molecule has 0 aliphatic carbocycles. The van der Waals surface area contributed by atoms with Crippen molar-refractivity contribution in [3.8, 4) is 0 Å². The minimum absolute atomic E-state index is 0.184. The lowest BCUT2D eigenvalue weighted by Gasteiger charge is -2.43. The van der Waals surface area contributed by atoms with E-state index in [1.165, 1.54) is 12.8 Å². The summed E-state index contributed by atoms with van der Waals surface area (Å²) in [5.74, 6) is 0.184. The fourth-order valence-electron chi connectivity index (χ4n) is 3.16. The predicted molar refractivity (Wildman–Crippen MR) is 71.4 cm³/mol. The molecule has 2 rings (SSSR count). The number of carbonyl (C=O) groups excluding carboxylic acids is 1. The van der Waals surface area contributed by atoms with E-state index in [1.807, 2.05) is 18.7 Å². The van der Waals surface area contributed by atoms with E-state index in [2.05, 4.69) is 5.32 Å². The predicted octanol–water partition coefficient (Wildman–Crippen LogP) is 1.40. The molecule has 4 nitrogen and oxygen atoms in total. The zero-order chi connectivity index (χ0) is 13.0. The number of ether oxygens (including phenoxy) is 1. The van der Waals surface area contributed by atoms with E-state index in [0.29, 0.717) is 5.41 Å². The highest BCUT2D eigenvalue weighted by atomic mass is 16.5.